The number of imidazole rings is 1. The molecule has 0 aliphatic carbocycles. The molecule has 0 bridgehead atoms. The fraction of sp³-hybridized carbons (Fsp3) is 0.160. The van der Waals surface area contributed by atoms with Gasteiger partial charge < -0.3 is 9.30 Å². The molecular formula is C25H24N2O. The fourth-order valence-corrected chi connectivity index (χ4v) is 3.31. The summed E-state index contributed by atoms with van der Waals surface area (Å²) in [7, 11) is 0. The van der Waals surface area contributed by atoms with Gasteiger partial charge in [0.1, 0.15) is 11.6 Å². The van der Waals surface area contributed by atoms with Crippen molar-refractivity contribution < 1.29 is 4.74 Å². The lowest BCUT2D eigenvalue weighted by atomic mass is 10.2. The van der Waals surface area contributed by atoms with Gasteiger partial charge in [0.2, 0.25) is 0 Å². The Morgan fingerprint density at radius 1 is 0.857 bits per heavy atom. The maximum atomic E-state index is 5.96. The van der Waals surface area contributed by atoms with Crippen molar-refractivity contribution in [3.05, 3.63) is 95.8 Å². The van der Waals surface area contributed by atoms with Crippen molar-refractivity contribution in [2.75, 3.05) is 6.61 Å². The molecule has 0 unspecified atom stereocenters. The SMILES string of the molecule is Cc1ccccc1OCCCn1c(C=Cc2ccccc2)nc2ccccc21. The third kappa shape index (κ3) is 4.15. The van der Waals surface area contributed by atoms with Crippen LogP contribution < -0.4 is 4.74 Å². The molecule has 28 heavy (non-hydrogen) atoms. The van der Waals surface area contributed by atoms with E-state index >= 15 is 0 Å². The number of aromatic nitrogens is 2. The van der Waals surface area contributed by atoms with Crippen molar-refractivity contribution in [3.63, 3.8) is 0 Å². The molecule has 3 nitrogen and oxygen atoms in total. The average Bonchev–Trinajstić information content (AvgIpc) is 3.09. The molecule has 0 radical (unpaired) electrons. The Hall–Kier alpha value is -3.33. The summed E-state index contributed by atoms with van der Waals surface area (Å²) in [6, 6.07) is 26.8. The highest BCUT2D eigenvalue weighted by atomic mass is 16.5. The molecule has 3 heteroatoms. The summed E-state index contributed by atoms with van der Waals surface area (Å²) in [6.07, 6.45) is 5.12. The number of hydrogen-bond acceptors (Lipinski definition) is 2. The number of ether oxygens (including phenoxy) is 1. The number of rotatable bonds is 7. The Morgan fingerprint density at radius 2 is 1.61 bits per heavy atom. The Morgan fingerprint density at radius 3 is 2.46 bits per heavy atom. The lowest BCUT2D eigenvalue weighted by Crippen LogP contribution is -2.06. The first-order chi connectivity index (χ1) is 13.8. The molecule has 0 aliphatic rings. The summed E-state index contributed by atoms with van der Waals surface area (Å²) in [4.78, 5) is 4.81. The van der Waals surface area contributed by atoms with Gasteiger partial charge in [-0.1, -0.05) is 66.7 Å². The molecule has 0 aliphatic heterocycles. The Bertz CT molecular complexity index is 1080. The first-order valence-corrected chi connectivity index (χ1v) is 9.68. The largest absolute Gasteiger partial charge is 0.493 e. The molecule has 4 rings (SSSR count). The zero-order valence-electron chi connectivity index (χ0n) is 16.1. The van der Waals surface area contributed by atoms with E-state index in [-0.39, 0.29) is 0 Å². The van der Waals surface area contributed by atoms with Crippen molar-refractivity contribution in [3.8, 4) is 5.75 Å². The monoisotopic (exact) mass is 368 g/mol. The number of hydrogen-bond donors (Lipinski definition) is 0. The van der Waals surface area contributed by atoms with Crippen LogP contribution in [0.1, 0.15) is 23.4 Å². The Kier molecular flexibility index (Phi) is 5.53. The predicted molar refractivity (Wildman–Crippen MR) is 116 cm³/mol. The summed E-state index contributed by atoms with van der Waals surface area (Å²) in [5.74, 6) is 1.93. The van der Waals surface area contributed by atoms with E-state index in [0.717, 1.165) is 35.6 Å². The molecule has 1 heterocycles. The normalized spacial score (nSPS) is 11.3. The molecule has 0 saturated heterocycles. The average molecular weight is 368 g/mol. The van der Waals surface area contributed by atoms with E-state index in [1.807, 2.05) is 42.5 Å². The molecule has 0 saturated carbocycles. The van der Waals surface area contributed by atoms with Crippen molar-refractivity contribution in [2.24, 2.45) is 0 Å². The molecular weight excluding hydrogens is 344 g/mol. The summed E-state index contributed by atoms with van der Waals surface area (Å²) in [5.41, 5.74) is 4.52. The van der Waals surface area contributed by atoms with Gasteiger partial charge in [0.25, 0.3) is 0 Å². The second kappa shape index (κ2) is 8.57. The van der Waals surface area contributed by atoms with E-state index in [0.29, 0.717) is 6.61 Å². The smallest absolute Gasteiger partial charge is 0.133 e. The highest BCUT2D eigenvalue weighted by Gasteiger charge is 2.08. The topological polar surface area (TPSA) is 27.1 Å². The van der Waals surface area contributed by atoms with Crippen LogP contribution in [0.2, 0.25) is 0 Å². The summed E-state index contributed by atoms with van der Waals surface area (Å²) in [5, 5.41) is 0. The molecule has 3 aromatic carbocycles. The maximum Gasteiger partial charge on any atom is 0.133 e. The molecule has 0 atom stereocenters. The molecule has 0 spiro atoms. The van der Waals surface area contributed by atoms with Gasteiger partial charge in [0.05, 0.1) is 17.6 Å². The second-order valence-electron chi connectivity index (χ2n) is 6.82. The predicted octanol–water partition coefficient (Wildman–Crippen LogP) is 5.98. The van der Waals surface area contributed by atoms with Crippen LogP contribution in [0.3, 0.4) is 0 Å². The van der Waals surface area contributed by atoms with Gasteiger partial charge in [0, 0.05) is 6.54 Å². The van der Waals surface area contributed by atoms with Gasteiger partial charge in [-0.3, -0.25) is 0 Å². The zero-order chi connectivity index (χ0) is 19.2. The molecule has 140 valence electrons. The standard InChI is InChI=1S/C25H24N2O/c1-20-10-5-8-15-24(20)28-19-9-18-27-23-14-7-6-13-22(23)26-25(27)17-16-21-11-3-2-4-12-21/h2-8,10-17H,9,18-19H2,1H3. The Labute approximate surface area is 165 Å². The van der Waals surface area contributed by atoms with Crippen LogP contribution in [0.15, 0.2) is 78.9 Å². The van der Waals surface area contributed by atoms with Crippen LogP contribution in [0.4, 0.5) is 0 Å². The van der Waals surface area contributed by atoms with Crippen molar-refractivity contribution in [1.29, 1.82) is 0 Å². The van der Waals surface area contributed by atoms with E-state index in [4.69, 9.17) is 9.72 Å². The molecule has 1 aromatic heterocycles. The molecule has 4 aromatic rings. The van der Waals surface area contributed by atoms with Gasteiger partial charge in [-0.15, -0.1) is 0 Å². The number of benzene rings is 3. The van der Waals surface area contributed by atoms with E-state index in [1.54, 1.807) is 0 Å². The third-order valence-electron chi connectivity index (χ3n) is 4.79. The van der Waals surface area contributed by atoms with E-state index < -0.39 is 0 Å². The van der Waals surface area contributed by atoms with E-state index in [1.165, 1.54) is 11.1 Å². The van der Waals surface area contributed by atoms with Crippen LogP contribution in [0.25, 0.3) is 23.2 Å². The van der Waals surface area contributed by atoms with Crippen molar-refractivity contribution in [2.45, 2.75) is 19.9 Å². The molecule has 0 N–H and O–H groups in total. The van der Waals surface area contributed by atoms with Crippen molar-refractivity contribution in [1.82, 2.24) is 9.55 Å². The Balaban J connectivity index is 1.50. The number of nitrogens with zero attached hydrogens (tertiary/aromatic N) is 2. The minimum absolute atomic E-state index is 0.680. The minimum atomic E-state index is 0.680. The zero-order valence-corrected chi connectivity index (χ0v) is 16.1. The summed E-state index contributed by atoms with van der Waals surface area (Å²) in [6.45, 7) is 3.62. The second-order valence-corrected chi connectivity index (χ2v) is 6.82. The van der Waals surface area contributed by atoms with Crippen LogP contribution in [-0.2, 0) is 6.54 Å². The van der Waals surface area contributed by atoms with Crippen molar-refractivity contribution >= 4 is 23.2 Å². The highest BCUT2D eigenvalue weighted by Crippen LogP contribution is 2.20. The summed E-state index contributed by atoms with van der Waals surface area (Å²) >= 11 is 0. The quantitative estimate of drug-likeness (QED) is 0.375. The number of aryl methyl sites for hydroxylation is 2. The first-order valence-electron chi connectivity index (χ1n) is 9.68. The molecule has 0 amide bonds. The van der Waals surface area contributed by atoms with E-state index in [9.17, 15) is 0 Å². The third-order valence-corrected chi connectivity index (χ3v) is 4.79. The summed E-state index contributed by atoms with van der Waals surface area (Å²) < 4.78 is 8.24. The fourth-order valence-electron chi connectivity index (χ4n) is 3.31. The van der Waals surface area contributed by atoms with Gasteiger partial charge >= 0.3 is 0 Å². The number of para-hydroxylation sites is 3. The van der Waals surface area contributed by atoms with Crippen LogP contribution in [0.5, 0.6) is 5.75 Å². The van der Waals surface area contributed by atoms with Gasteiger partial charge in [-0.05, 0) is 48.7 Å². The van der Waals surface area contributed by atoms with Gasteiger partial charge in [-0.2, -0.15) is 0 Å². The highest BCUT2D eigenvalue weighted by molar-refractivity contribution is 5.79. The molecule has 0 fully saturated rings. The minimum Gasteiger partial charge on any atom is -0.493 e. The van der Waals surface area contributed by atoms with E-state index in [2.05, 4.69) is 60.0 Å². The van der Waals surface area contributed by atoms with Gasteiger partial charge in [0.15, 0.2) is 0 Å². The number of fused-ring (bicyclic) bond motifs is 1. The van der Waals surface area contributed by atoms with Gasteiger partial charge in [-0.25, -0.2) is 4.98 Å². The first kappa shape index (κ1) is 18.1. The van der Waals surface area contributed by atoms with Crippen LogP contribution >= 0.6 is 0 Å². The van der Waals surface area contributed by atoms with Crippen LogP contribution in [0, 0.1) is 6.92 Å². The van der Waals surface area contributed by atoms with Crippen LogP contribution in [-0.4, -0.2) is 16.2 Å². The maximum absolute atomic E-state index is 5.96. The lowest BCUT2D eigenvalue weighted by Gasteiger charge is -2.10. The lowest BCUT2D eigenvalue weighted by molar-refractivity contribution is 0.300.